The van der Waals surface area contributed by atoms with Gasteiger partial charge < -0.3 is 9.84 Å². The van der Waals surface area contributed by atoms with Crippen LogP contribution >= 0.6 is 0 Å². The van der Waals surface area contributed by atoms with E-state index < -0.39 is 11.9 Å². The maximum absolute atomic E-state index is 11.2. The third kappa shape index (κ3) is 2.15. The van der Waals surface area contributed by atoms with Gasteiger partial charge in [0.15, 0.2) is 0 Å². The summed E-state index contributed by atoms with van der Waals surface area (Å²) in [7, 11) is 0. The topological polar surface area (TPSA) is 46.5 Å². The second kappa shape index (κ2) is 5.11. The fourth-order valence-corrected chi connectivity index (χ4v) is 2.52. The largest absolute Gasteiger partial charge is 0.481 e. The van der Waals surface area contributed by atoms with Crippen molar-refractivity contribution < 1.29 is 14.6 Å². The van der Waals surface area contributed by atoms with Gasteiger partial charge in [-0.25, -0.2) is 0 Å². The molecule has 1 N–H and O–H groups in total. The van der Waals surface area contributed by atoms with Gasteiger partial charge in [-0.3, -0.25) is 4.79 Å². The first-order valence-electron chi connectivity index (χ1n) is 6.50. The van der Waals surface area contributed by atoms with Gasteiger partial charge in [-0.2, -0.15) is 0 Å². The van der Waals surface area contributed by atoms with E-state index in [1.807, 2.05) is 0 Å². The fraction of sp³-hybridized carbons (Fsp3) is 0.533. The van der Waals surface area contributed by atoms with E-state index in [1.54, 1.807) is 6.92 Å². The van der Waals surface area contributed by atoms with Crippen LogP contribution < -0.4 is 0 Å². The summed E-state index contributed by atoms with van der Waals surface area (Å²) >= 11 is 0. The van der Waals surface area contributed by atoms with Crippen molar-refractivity contribution in [3.8, 4) is 0 Å². The summed E-state index contributed by atoms with van der Waals surface area (Å²) in [5, 5.41) is 9.23. The minimum absolute atomic E-state index is 0.337. The SMILES string of the molecule is CCCc1ccc(C2(C(C)C(=O)O)COC2)cc1. The highest BCUT2D eigenvalue weighted by molar-refractivity contribution is 5.72. The lowest BCUT2D eigenvalue weighted by molar-refractivity contribution is -0.155. The Morgan fingerprint density at radius 1 is 1.39 bits per heavy atom. The first-order chi connectivity index (χ1) is 8.60. The van der Waals surface area contributed by atoms with Crippen LogP contribution in [-0.4, -0.2) is 24.3 Å². The fourth-order valence-electron chi connectivity index (χ4n) is 2.52. The third-order valence-electron chi connectivity index (χ3n) is 3.99. The molecule has 18 heavy (non-hydrogen) atoms. The predicted octanol–water partition coefficient (Wildman–Crippen LogP) is 2.63. The monoisotopic (exact) mass is 248 g/mol. The molecular weight excluding hydrogens is 228 g/mol. The van der Waals surface area contributed by atoms with Crippen molar-refractivity contribution in [3.05, 3.63) is 35.4 Å². The summed E-state index contributed by atoms with van der Waals surface area (Å²) in [6, 6.07) is 8.33. The van der Waals surface area contributed by atoms with E-state index in [1.165, 1.54) is 5.56 Å². The highest BCUT2D eigenvalue weighted by Crippen LogP contribution is 2.39. The zero-order valence-corrected chi connectivity index (χ0v) is 11.0. The molecular formula is C15H20O3. The van der Waals surface area contributed by atoms with Crippen LogP contribution in [0, 0.1) is 5.92 Å². The average molecular weight is 248 g/mol. The van der Waals surface area contributed by atoms with E-state index in [-0.39, 0.29) is 5.41 Å². The third-order valence-corrected chi connectivity index (χ3v) is 3.99. The summed E-state index contributed by atoms with van der Waals surface area (Å²) in [6.45, 7) is 4.94. The molecule has 0 saturated carbocycles. The van der Waals surface area contributed by atoms with E-state index in [9.17, 15) is 9.90 Å². The predicted molar refractivity (Wildman–Crippen MR) is 69.7 cm³/mol. The number of rotatable bonds is 5. The highest BCUT2D eigenvalue weighted by Gasteiger charge is 2.48. The number of carboxylic acids is 1. The lowest BCUT2D eigenvalue weighted by Crippen LogP contribution is -2.53. The van der Waals surface area contributed by atoms with Gasteiger partial charge in [-0.15, -0.1) is 0 Å². The molecule has 1 aliphatic rings. The summed E-state index contributed by atoms with van der Waals surface area (Å²) in [4.78, 5) is 11.2. The van der Waals surface area contributed by atoms with E-state index in [0.717, 1.165) is 18.4 Å². The van der Waals surface area contributed by atoms with E-state index in [4.69, 9.17) is 4.74 Å². The zero-order valence-electron chi connectivity index (χ0n) is 11.0. The number of hydrogen-bond donors (Lipinski definition) is 1. The molecule has 1 unspecified atom stereocenters. The lowest BCUT2D eigenvalue weighted by atomic mass is 9.69. The van der Waals surface area contributed by atoms with Crippen LogP contribution in [-0.2, 0) is 21.4 Å². The Balaban J connectivity index is 2.25. The van der Waals surface area contributed by atoms with Crippen LogP contribution in [0.1, 0.15) is 31.4 Å². The quantitative estimate of drug-likeness (QED) is 0.871. The Morgan fingerprint density at radius 2 is 2.00 bits per heavy atom. The van der Waals surface area contributed by atoms with Crippen LogP contribution in [0.5, 0.6) is 0 Å². The molecule has 1 aliphatic heterocycles. The molecule has 0 aliphatic carbocycles. The molecule has 2 rings (SSSR count). The van der Waals surface area contributed by atoms with E-state index in [0.29, 0.717) is 13.2 Å². The average Bonchev–Trinajstić information content (AvgIpc) is 2.30. The van der Waals surface area contributed by atoms with Gasteiger partial charge in [0.25, 0.3) is 0 Å². The van der Waals surface area contributed by atoms with Crippen molar-refractivity contribution >= 4 is 5.97 Å². The van der Waals surface area contributed by atoms with Crippen LogP contribution in [0.2, 0.25) is 0 Å². The standard InChI is InChI=1S/C15H20O3/c1-3-4-12-5-7-13(8-6-12)15(9-18-10-15)11(2)14(16)17/h5-8,11H,3-4,9-10H2,1-2H3,(H,16,17). The first kappa shape index (κ1) is 13.1. The van der Waals surface area contributed by atoms with Gasteiger partial charge in [0.05, 0.1) is 24.5 Å². The van der Waals surface area contributed by atoms with Crippen LogP contribution in [0.3, 0.4) is 0 Å². The number of benzene rings is 1. The van der Waals surface area contributed by atoms with Gasteiger partial charge in [-0.05, 0) is 17.5 Å². The number of carboxylic acid groups (broad SMARTS) is 1. The molecule has 0 spiro atoms. The Kier molecular flexibility index (Phi) is 3.71. The molecule has 1 aromatic carbocycles. The Hall–Kier alpha value is -1.35. The Labute approximate surface area is 108 Å². The van der Waals surface area contributed by atoms with Crippen molar-refractivity contribution in [2.75, 3.05) is 13.2 Å². The number of hydrogen-bond acceptors (Lipinski definition) is 2. The maximum atomic E-state index is 11.2. The van der Waals surface area contributed by atoms with Crippen molar-refractivity contribution in [2.45, 2.75) is 32.1 Å². The van der Waals surface area contributed by atoms with Crippen molar-refractivity contribution in [1.82, 2.24) is 0 Å². The normalized spacial score (nSPS) is 19.0. The zero-order chi connectivity index (χ0) is 13.2. The summed E-state index contributed by atoms with van der Waals surface area (Å²) in [5.41, 5.74) is 2.06. The molecule has 1 fully saturated rings. The molecule has 0 bridgehead atoms. The molecule has 98 valence electrons. The maximum Gasteiger partial charge on any atom is 0.307 e. The number of aliphatic carboxylic acids is 1. The van der Waals surface area contributed by atoms with Gasteiger partial charge >= 0.3 is 5.97 Å². The van der Waals surface area contributed by atoms with Gasteiger partial charge in [0.2, 0.25) is 0 Å². The molecule has 0 aromatic heterocycles. The van der Waals surface area contributed by atoms with Gasteiger partial charge in [-0.1, -0.05) is 44.5 Å². The van der Waals surface area contributed by atoms with Crippen LogP contribution in [0.4, 0.5) is 0 Å². The number of aryl methyl sites for hydroxylation is 1. The molecule has 1 aromatic rings. The second-order valence-corrected chi connectivity index (χ2v) is 5.16. The number of ether oxygens (including phenoxy) is 1. The van der Waals surface area contributed by atoms with Gasteiger partial charge in [0.1, 0.15) is 0 Å². The van der Waals surface area contributed by atoms with Gasteiger partial charge in [0, 0.05) is 0 Å². The molecule has 3 nitrogen and oxygen atoms in total. The minimum Gasteiger partial charge on any atom is -0.481 e. The summed E-state index contributed by atoms with van der Waals surface area (Å²) in [6.07, 6.45) is 2.19. The van der Waals surface area contributed by atoms with Crippen molar-refractivity contribution in [2.24, 2.45) is 5.92 Å². The smallest absolute Gasteiger partial charge is 0.307 e. The molecule has 0 amide bonds. The molecule has 1 atom stereocenters. The summed E-state index contributed by atoms with van der Waals surface area (Å²) < 4.78 is 5.28. The Morgan fingerprint density at radius 3 is 2.39 bits per heavy atom. The Bertz CT molecular complexity index is 418. The first-order valence-corrected chi connectivity index (χ1v) is 6.50. The van der Waals surface area contributed by atoms with E-state index >= 15 is 0 Å². The van der Waals surface area contributed by atoms with Crippen molar-refractivity contribution in [3.63, 3.8) is 0 Å². The highest BCUT2D eigenvalue weighted by atomic mass is 16.5. The second-order valence-electron chi connectivity index (χ2n) is 5.16. The van der Waals surface area contributed by atoms with Crippen LogP contribution in [0.25, 0.3) is 0 Å². The molecule has 1 saturated heterocycles. The van der Waals surface area contributed by atoms with E-state index in [2.05, 4.69) is 31.2 Å². The molecule has 3 heteroatoms. The van der Waals surface area contributed by atoms with Crippen LogP contribution in [0.15, 0.2) is 24.3 Å². The molecule has 0 radical (unpaired) electrons. The van der Waals surface area contributed by atoms with Crippen molar-refractivity contribution in [1.29, 1.82) is 0 Å². The number of carbonyl (C=O) groups is 1. The lowest BCUT2D eigenvalue weighted by Gasteiger charge is -2.44. The minimum atomic E-state index is -0.754. The molecule has 1 heterocycles. The summed E-state index contributed by atoms with van der Waals surface area (Å²) in [5.74, 6) is -1.17.